The largest absolute Gasteiger partial charge is 0.388 e. The molecular formula is C28H39N. The predicted molar refractivity (Wildman–Crippen MR) is 127 cm³/mol. The van der Waals surface area contributed by atoms with Crippen LogP contribution < -0.4 is 5.32 Å². The zero-order valence-electron chi connectivity index (χ0n) is 18.6. The Bertz CT molecular complexity index is 761. The van der Waals surface area contributed by atoms with E-state index >= 15 is 0 Å². The minimum Gasteiger partial charge on any atom is -0.388 e. The highest BCUT2D eigenvalue weighted by Crippen LogP contribution is 2.41. The van der Waals surface area contributed by atoms with Crippen LogP contribution in [0.4, 0.5) is 5.69 Å². The minimum atomic E-state index is 0.963. The predicted octanol–water partition coefficient (Wildman–Crippen LogP) is 8.02. The van der Waals surface area contributed by atoms with Gasteiger partial charge < -0.3 is 5.32 Å². The number of aryl methyl sites for hydroxylation is 2. The molecule has 2 aromatic rings. The zero-order chi connectivity index (χ0) is 20.1. The first-order chi connectivity index (χ1) is 14.2. The second kappa shape index (κ2) is 9.83. The van der Waals surface area contributed by atoms with Crippen LogP contribution in [0.15, 0.2) is 42.5 Å². The van der Waals surface area contributed by atoms with Crippen LogP contribution in [-0.4, -0.2) is 7.05 Å². The lowest BCUT2D eigenvalue weighted by atomic mass is 9.70. The van der Waals surface area contributed by atoms with Crippen molar-refractivity contribution in [2.24, 2.45) is 17.8 Å². The maximum absolute atomic E-state index is 3.30. The van der Waals surface area contributed by atoms with Crippen molar-refractivity contribution in [2.75, 3.05) is 12.4 Å². The molecule has 2 aliphatic carbocycles. The molecule has 1 nitrogen and oxygen atoms in total. The number of nitrogens with one attached hydrogen (secondary N) is 1. The summed E-state index contributed by atoms with van der Waals surface area (Å²) < 4.78 is 0. The molecule has 0 atom stereocenters. The van der Waals surface area contributed by atoms with E-state index in [0.717, 1.165) is 17.8 Å². The number of benzene rings is 2. The van der Waals surface area contributed by atoms with Gasteiger partial charge in [-0.25, -0.2) is 0 Å². The molecule has 4 rings (SSSR count). The van der Waals surface area contributed by atoms with Gasteiger partial charge in [-0.1, -0.05) is 81.3 Å². The van der Waals surface area contributed by atoms with Crippen LogP contribution in [0.3, 0.4) is 0 Å². The highest BCUT2D eigenvalue weighted by atomic mass is 14.8. The Hall–Kier alpha value is -1.76. The maximum Gasteiger partial charge on any atom is 0.0373 e. The van der Waals surface area contributed by atoms with E-state index in [1.165, 1.54) is 98.6 Å². The van der Waals surface area contributed by atoms with Crippen molar-refractivity contribution < 1.29 is 0 Å². The number of hydrogen-bond acceptors (Lipinski definition) is 1. The molecule has 0 spiro atoms. The summed E-state index contributed by atoms with van der Waals surface area (Å²) in [6, 6.07) is 16.0. The molecule has 0 amide bonds. The lowest BCUT2D eigenvalue weighted by Crippen LogP contribution is -2.23. The average molecular weight is 390 g/mol. The van der Waals surface area contributed by atoms with Crippen molar-refractivity contribution in [1.29, 1.82) is 0 Å². The third kappa shape index (κ3) is 5.24. The quantitative estimate of drug-likeness (QED) is 0.527. The third-order valence-corrected chi connectivity index (χ3v) is 7.84. The number of hydrogen-bond donors (Lipinski definition) is 1. The standard InChI is InChI=1S/C28H39N/c1-21-8-15-27(20-28(21)29-2)26-18-13-23(14-19-26)10-9-22-11-16-25(17-12-22)24-6-4-3-5-7-24/h8,13-15,18-20,22,24-25,29H,3-7,9-12,16-17H2,1-2H3. The molecule has 2 fully saturated rings. The number of anilines is 1. The molecule has 29 heavy (non-hydrogen) atoms. The van der Waals surface area contributed by atoms with Gasteiger partial charge in [0.25, 0.3) is 0 Å². The van der Waals surface area contributed by atoms with Crippen LogP contribution in [0, 0.1) is 24.7 Å². The highest BCUT2D eigenvalue weighted by Gasteiger charge is 2.28. The fourth-order valence-corrected chi connectivity index (χ4v) is 5.86. The van der Waals surface area contributed by atoms with Crippen LogP contribution in [0.2, 0.25) is 0 Å². The van der Waals surface area contributed by atoms with E-state index in [9.17, 15) is 0 Å². The van der Waals surface area contributed by atoms with E-state index in [2.05, 4.69) is 54.7 Å². The fourth-order valence-electron chi connectivity index (χ4n) is 5.86. The van der Waals surface area contributed by atoms with Gasteiger partial charge in [0.2, 0.25) is 0 Å². The molecule has 156 valence electrons. The van der Waals surface area contributed by atoms with Gasteiger partial charge in [0.1, 0.15) is 0 Å². The first kappa shape index (κ1) is 20.5. The van der Waals surface area contributed by atoms with Gasteiger partial charge >= 0.3 is 0 Å². The van der Waals surface area contributed by atoms with Crippen molar-refractivity contribution in [1.82, 2.24) is 0 Å². The molecule has 0 radical (unpaired) electrons. The molecule has 2 aliphatic rings. The van der Waals surface area contributed by atoms with E-state index < -0.39 is 0 Å². The van der Waals surface area contributed by atoms with Gasteiger partial charge in [-0.05, 0) is 78.7 Å². The first-order valence-corrected chi connectivity index (χ1v) is 12.1. The van der Waals surface area contributed by atoms with Crippen molar-refractivity contribution in [3.05, 3.63) is 53.6 Å². The van der Waals surface area contributed by atoms with Crippen LogP contribution in [0.5, 0.6) is 0 Å². The second-order valence-electron chi connectivity index (χ2n) is 9.69. The monoisotopic (exact) mass is 389 g/mol. The summed E-state index contributed by atoms with van der Waals surface area (Å²) in [4.78, 5) is 0. The Morgan fingerprint density at radius 3 is 2.10 bits per heavy atom. The van der Waals surface area contributed by atoms with Crippen LogP contribution in [-0.2, 0) is 6.42 Å². The molecule has 1 N–H and O–H groups in total. The van der Waals surface area contributed by atoms with Crippen LogP contribution in [0.25, 0.3) is 11.1 Å². The Kier molecular flexibility index (Phi) is 6.95. The van der Waals surface area contributed by atoms with Crippen molar-refractivity contribution >= 4 is 5.69 Å². The van der Waals surface area contributed by atoms with Crippen molar-refractivity contribution in [2.45, 2.75) is 77.6 Å². The Balaban J connectivity index is 1.26. The Morgan fingerprint density at radius 1 is 0.759 bits per heavy atom. The fraction of sp³-hybridized carbons (Fsp3) is 0.571. The Labute approximate surface area is 178 Å². The van der Waals surface area contributed by atoms with Gasteiger partial charge in [-0.2, -0.15) is 0 Å². The third-order valence-electron chi connectivity index (χ3n) is 7.84. The van der Waals surface area contributed by atoms with E-state index in [1.54, 1.807) is 0 Å². The van der Waals surface area contributed by atoms with Crippen LogP contribution >= 0.6 is 0 Å². The summed E-state index contributed by atoms with van der Waals surface area (Å²) in [5, 5.41) is 3.30. The lowest BCUT2D eigenvalue weighted by Gasteiger charge is -2.36. The topological polar surface area (TPSA) is 12.0 Å². The van der Waals surface area contributed by atoms with E-state index in [4.69, 9.17) is 0 Å². The van der Waals surface area contributed by atoms with Gasteiger partial charge in [-0.15, -0.1) is 0 Å². The number of rotatable bonds is 6. The van der Waals surface area contributed by atoms with Crippen molar-refractivity contribution in [3.8, 4) is 11.1 Å². The normalized spacial score (nSPS) is 23.1. The molecule has 0 saturated heterocycles. The van der Waals surface area contributed by atoms with Crippen molar-refractivity contribution in [3.63, 3.8) is 0 Å². The van der Waals surface area contributed by atoms with Gasteiger partial charge in [0.15, 0.2) is 0 Å². The molecular weight excluding hydrogens is 350 g/mol. The maximum atomic E-state index is 3.30. The Morgan fingerprint density at radius 2 is 1.41 bits per heavy atom. The molecule has 0 aromatic heterocycles. The summed E-state index contributed by atoms with van der Waals surface area (Å²) in [5.74, 6) is 3.09. The molecule has 0 bridgehead atoms. The van der Waals surface area contributed by atoms with E-state index in [1.807, 2.05) is 7.05 Å². The average Bonchev–Trinajstić information content (AvgIpc) is 2.79. The van der Waals surface area contributed by atoms with E-state index in [-0.39, 0.29) is 0 Å². The van der Waals surface area contributed by atoms with Gasteiger partial charge in [0.05, 0.1) is 0 Å². The van der Waals surface area contributed by atoms with Gasteiger partial charge in [-0.3, -0.25) is 0 Å². The van der Waals surface area contributed by atoms with Gasteiger partial charge in [0, 0.05) is 12.7 Å². The molecule has 2 aromatic carbocycles. The SMILES string of the molecule is CNc1cc(-c2ccc(CCC3CCC(C4CCCCC4)CC3)cc2)ccc1C. The van der Waals surface area contributed by atoms with E-state index in [0.29, 0.717) is 0 Å². The zero-order valence-corrected chi connectivity index (χ0v) is 18.6. The summed E-state index contributed by atoms with van der Waals surface area (Å²) >= 11 is 0. The van der Waals surface area contributed by atoms with Crippen LogP contribution in [0.1, 0.15) is 75.3 Å². The molecule has 2 saturated carbocycles. The highest BCUT2D eigenvalue weighted by molar-refractivity contribution is 5.70. The summed E-state index contributed by atoms with van der Waals surface area (Å²) in [6.07, 6.45) is 16.1. The minimum absolute atomic E-state index is 0.963. The molecule has 1 heteroatoms. The summed E-state index contributed by atoms with van der Waals surface area (Å²) in [5.41, 5.74) is 6.64. The smallest absolute Gasteiger partial charge is 0.0373 e. The molecule has 0 heterocycles. The summed E-state index contributed by atoms with van der Waals surface area (Å²) in [6.45, 7) is 2.15. The first-order valence-electron chi connectivity index (χ1n) is 12.1. The molecule has 0 unspecified atom stereocenters. The second-order valence-corrected chi connectivity index (χ2v) is 9.69. The summed E-state index contributed by atoms with van der Waals surface area (Å²) in [7, 11) is 2.00. The molecule has 0 aliphatic heterocycles. The lowest BCUT2D eigenvalue weighted by molar-refractivity contribution is 0.163.